The lowest BCUT2D eigenvalue weighted by Gasteiger charge is -1.99. The number of hydrogen-bond acceptors (Lipinski definition) is 2. The van der Waals surface area contributed by atoms with E-state index in [-0.39, 0.29) is 5.82 Å². The summed E-state index contributed by atoms with van der Waals surface area (Å²) in [6, 6.07) is 6.69. The van der Waals surface area contributed by atoms with Crippen molar-refractivity contribution < 1.29 is 4.39 Å². The van der Waals surface area contributed by atoms with Gasteiger partial charge < -0.3 is 0 Å². The largest absolute Gasteiger partial charge is 0.207 e. The van der Waals surface area contributed by atoms with E-state index in [2.05, 4.69) is 15.4 Å². The van der Waals surface area contributed by atoms with Crippen molar-refractivity contribution >= 4 is 0 Å². The van der Waals surface area contributed by atoms with E-state index in [1.165, 1.54) is 6.07 Å². The molecule has 2 rings (SSSR count). The number of aromatic amines is 1. The SMILES string of the molecule is Cc1n[nH]nc1Cc1ccccc1F. The Balaban J connectivity index is 2.28. The van der Waals surface area contributed by atoms with E-state index in [1.807, 2.05) is 13.0 Å². The number of aryl methyl sites for hydroxylation is 1. The summed E-state index contributed by atoms with van der Waals surface area (Å²) in [5, 5.41) is 10.3. The highest BCUT2D eigenvalue weighted by molar-refractivity contribution is 5.24. The maximum atomic E-state index is 13.3. The molecule has 1 aromatic heterocycles. The lowest BCUT2D eigenvalue weighted by molar-refractivity contribution is 0.613. The molecule has 1 heterocycles. The summed E-state index contributed by atoms with van der Waals surface area (Å²) in [4.78, 5) is 0. The van der Waals surface area contributed by atoms with E-state index < -0.39 is 0 Å². The molecule has 0 unspecified atom stereocenters. The predicted molar refractivity (Wildman–Crippen MR) is 50.3 cm³/mol. The summed E-state index contributed by atoms with van der Waals surface area (Å²) < 4.78 is 13.3. The molecule has 0 atom stereocenters. The normalized spacial score (nSPS) is 10.4. The van der Waals surface area contributed by atoms with Crippen LogP contribution in [-0.2, 0) is 6.42 Å². The molecule has 72 valence electrons. The van der Waals surface area contributed by atoms with Crippen LogP contribution in [0.15, 0.2) is 24.3 Å². The van der Waals surface area contributed by atoms with Crippen LogP contribution >= 0.6 is 0 Å². The number of nitrogens with zero attached hydrogens (tertiary/aromatic N) is 2. The Bertz CT molecular complexity index is 436. The fraction of sp³-hybridized carbons (Fsp3) is 0.200. The van der Waals surface area contributed by atoms with Crippen LogP contribution in [0.3, 0.4) is 0 Å². The predicted octanol–water partition coefficient (Wildman–Crippen LogP) is 1.84. The molecule has 0 aliphatic carbocycles. The van der Waals surface area contributed by atoms with Crippen molar-refractivity contribution in [3.05, 3.63) is 47.0 Å². The van der Waals surface area contributed by atoms with E-state index in [1.54, 1.807) is 12.1 Å². The summed E-state index contributed by atoms with van der Waals surface area (Å²) in [7, 11) is 0. The number of nitrogens with one attached hydrogen (secondary N) is 1. The molecule has 4 heteroatoms. The summed E-state index contributed by atoms with van der Waals surface area (Å²) in [6.45, 7) is 1.85. The lowest BCUT2D eigenvalue weighted by atomic mass is 10.1. The number of hydrogen-bond donors (Lipinski definition) is 1. The second-order valence-corrected chi connectivity index (χ2v) is 3.12. The highest BCUT2D eigenvalue weighted by Crippen LogP contribution is 2.12. The fourth-order valence-corrected chi connectivity index (χ4v) is 1.30. The third-order valence-corrected chi connectivity index (χ3v) is 2.14. The van der Waals surface area contributed by atoms with Crippen LogP contribution in [0.2, 0.25) is 0 Å². The van der Waals surface area contributed by atoms with Crippen molar-refractivity contribution in [2.24, 2.45) is 0 Å². The topological polar surface area (TPSA) is 41.6 Å². The van der Waals surface area contributed by atoms with Gasteiger partial charge in [0.15, 0.2) is 0 Å². The summed E-state index contributed by atoms with van der Waals surface area (Å²) in [5.74, 6) is -0.199. The molecule has 0 fully saturated rings. The van der Waals surface area contributed by atoms with Crippen LogP contribution in [0.4, 0.5) is 4.39 Å². The number of rotatable bonds is 2. The average molecular weight is 191 g/mol. The number of benzene rings is 1. The smallest absolute Gasteiger partial charge is 0.126 e. The van der Waals surface area contributed by atoms with Crippen molar-refractivity contribution in [1.29, 1.82) is 0 Å². The van der Waals surface area contributed by atoms with Crippen molar-refractivity contribution in [2.45, 2.75) is 13.3 Å². The summed E-state index contributed by atoms with van der Waals surface area (Å²) in [5.41, 5.74) is 2.24. The standard InChI is InChI=1S/C10H10FN3/c1-7-10(13-14-12-7)6-8-4-2-3-5-9(8)11/h2-5H,6H2,1H3,(H,12,13,14). The van der Waals surface area contributed by atoms with Crippen LogP contribution in [0.5, 0.6) is 0 Å². The molecule has 0 aliphatic rings. The number of halogens is 1. The Morgan fingerprint density at radius 2 is 2.07 bits per heavy atom. The third kappa shape index (κ3) is 1.64. The van der Waals surface area contributed by atoms with Gasteiger partial charge in [-0.15, -0.1) is 0 Å². The van der Waals surface area contributed by atoms with Crippen molar-refractivity contribution in [1.82, 2.24) is 15.4 Å². The maximum absolute atomic E-state index is 13.3. The molecule has 1 aromatic carbocycles. The molecule has 2 aromatic rings. The van der Waals surface area contributed by atoms with Gasteiger partial charge in [0.2, 0.25) is 0 Å². The molecule has 0 radical (unpaired) electrons. The van der Waals surface area contributed by atoms with E-state index in [0.717, 1.165) is 11.4 Å². The Hall–Kier alpha value is -1.71. The van der Waals surface area contributed by atoms with Crippen LogP contribution in [-0.4, -0.2) is 15.4 Å². The third-order valence-electron chi connectivity index (χ3n) is 2.14. The summed E-state index contributed by atoms with van der Waals surface area (Å²) >= 11 is 0. The Kier molecular flexibility index (Phi) is 2.26. The maximum Gasteiger partial charge on any atom is 0.126 e. The zero-order valence-corrected chi connectivity index (χ0v) is 7.79. The molecular formula is C10H10FN3. The van der Waals surface area contributed by atoms with Gasteiger partial charge in [-0.05, 0) is 18.6 Å². The van der Waals surface area contributed by atoms with Crippen molar-refractivity contribution in [3.63, 3.8) is 0 Å². The van der Waals surface area contributed by atoms with Gasteiger partial charge in [0.1, 0.15) is 5.82 Å². The van der Waals surface area contributed by atoms with Gasteiger partial charge in [-0.2, -0.15) is 15.4 Å². The van der Waals surface area contributed by atoms with Crippen molar-refractivity contribution in [3.8, 4) is 0 Å². The van der Waals surface area contributed by atoms with E-state index in [9.17, 15) is 4.39 Å². The van der Waals surface area contributed by atoms with Gasteiger partial charge in [-0.25, -0.2) is 4.39 Å². The highest BCUT2D eigenvalue weighted by Gasteiger charge is 2.07. The first-order valence-electron chi connectivity index (χ1n) is 4.37. The average Bonchev–Trinajstić information content (AvgIpc) is 2.56. The minimum Gasteiger partial charge on any atom is -0.207 e. The zero-order chi connectivity index (χ0) is 9.97. The quantitative estimate of drug-likeness (QED) is 0.787. The molecule has 14 heavy (non-hydrogen) atoms. The molecular weight excluding hydrogens is 181 g/mol. The monoisotopic (exact) mass is 191 g/mol. The number of aromatic nitrogens is 3. The van der Waals surface area contributed by atoms with Gasteiger partial charge in [-0.3, -0.25) is 0 Å². The van der Waals surface area contributed by atoms with E-state index in [0.29, 0.717) is 12.0 Å². The van der Waals surface area contributed by atoms with Gasteiger partial charge in [-0.1, -0.05) is 18.2 Å². The Labute approximate surface area is 81.0 Å². The first-order chi connectivity index (χ1) is 6.77. The molecule has 0 bridgehead atoms. The van der Waals surface area contributed by atoms with Gasteiger partial charge in [0, 0.05) is 6.42 Å². The second-order valence-electron chi connectivity index (χ2n) is 3.12. The summed E-state index contributed by atoms with van der Waals surface area (Å²) in [6.07, 6.45) is 0.481. The molecule has 1 N–H and O–H groups in total. The van der Waals surface area contributed by atoms with Crippen molar-refractivity contribution in [2.75, 3.05) is 0 Å². The molecule has 0 saturated carbocycles. The van der Waals surface area contributed by atoms with Gasteiger partial charge in [0.25, 0.3) is 0 Å². The van der Waals surface area contributed by atoms with E-state index in [4.69, 9.17) is 0 Å². The fourth-order valence-electron chi connectivity index (χ4n) is 1.30. The molecule has 0 aliphatic heterocycles. The highest BCUT2D eigenvalue weighted by atomic mass is 19.1. The Morgan fingerprint density at radius 1 is 1.29 bits per heavy atom. The number of H-pyrrole nitrogens is 1. The first-order valence-corrected chi connectivity index (χ1v) is 4.37. The first kappa shape index (κ1) is 8.87. The minimum absolute atomic E-state index is 0.199. The molecule has 0 spiro atoms. The van der Waals surface area contributed by atoms with Crippen LogP contribution < -0.4 is 0 Å². The van der Waals surface area contributed by atoms with Gasteiger partial charge in [0.05, 0.1) is 11.4 Å². The molecule has 0 saturated heterocycles. The lowest BCUT2D eigenvalue weighted by Crippen LogP contribution is -1.94. The van der Waals surface area contributed by atoms with Gasteiger partial charge >= 0.3 is 0 Å². The second kappa shape index (κ2) is 3.57. The van der Waals surface area contributed by atoms with Crippen LogP contribution in [0.1, 0.15) is 17.0 Å². The zero-order valence-electron chi connectivity index (χ0n) is 7.79. The Morgan fingerprint density at radius 3 is 2.71 bits per heavy atom. The van der Waals surface area contributed by atoms with E-state index >= 15 is 0 Å². The minimum atomic E-state index is -0.199. The van der Waals surface area contributed by atoms with Crippen LogP contribution in [0, 0.1) is 12.7 Å². The van der Waals surface area contributed by atoms with Crippen LogP contribution in [0.25, 0.3) is 0 Å². The molecule has 0 amide bonds. The molecule has 3 nitrogen and oxygen atoms in total.